The van der Waals surface area contributed by atoms with Crippen LogP contribution < -0.4 is 11.1 Å². The highest BCUT2D eigenvalue weighted by molar-refractivity contribution is 7.21. The maximum Gasteiger partial charge on any atom is 0.263 e. The van der Waals surface area contributed by atoms with Crippen molar-refractivity contribution in [1.29, 1.82) is 0 Å². The number of likely N-dealkylation sites (N-methyl/N-ethyl adjacent to an activating group) is 1. The third-order valence-corrected chi connectivity index (χ3v) is 4.47. The van der Waals surface area contributed by atoms with Crippen molar-refractivity contribution in [3.05, 3.63) is 23.2 Å². The molecule has 0 saturated carbocycles. The molecule has 2 aromatic rings. The molecule has 0 saturated heterocycles. The van der Waals surface area contributed by atoms with Crippen molar-refractivity contribution in [2.24, 2.45) is 0 Å². The van der Waals surface area contributed by atoms with Crippen molar-refractivity contribution in [2.45, 2.75) is 19.9 Å². The lowest BCUT2D eigenvalue weighted by molar-refractivity contribution is 0.0953. The van der Waals surface area contributed by atoms with Gasteiger partial charge in [0, 0.05) is 30.7 Å². The summed E-state index contributed by atoms with van der Waals surface area (Å²) in [4.78, 5) is 19.9. The topological polar surface area (TPSA) is 71.2 Å². The van der Waals surface area contributed by atoms with E-state index in [0.29, 0.717) is 23.2 Å². The highest BCUT2D eigenvalue weighted by Gasteiger charge is 2.16. The molecular weight excluding hydrogens is 272 g/mol. The van der Waals surface area contributed by atoms with Gasteiger partial charge in [-0.1, -0.05) is 0 Å². The van der Waals surface area contributed by atoms with Crippen molar-refractivity contribution in [3.63, 3.8) is 0 Å². The lowest BCUT2D eigenvalue weighted by Crippen LogP contribution is -2.36. The summed E-state index contributed by atoms with van der Waals surface area (Å²) < 4.78 is 0. The van der Waals surface area contributed by atoms with Crippen LogP contribution in [0.1, 0.15) is 23.5 Å². The fourth-order valence-corrected chi connectivity index (χ4v) is 2.78. The monoisotopic (exact) mass is 292 g/mol. The molecule has 0 fully saturated rings. The Morgan fingerprint density at radius 2 is 2.30 bits per heavy atom. The van der Waals surface area contributed by atoms with Crippen LogP contribution in [-0.4, -0.2) is 42.0 Å². The van der Waals surface area contributed by atoms with Crippen LogP contribution in [0.3, 0.4) is 0 Å². The van der Waals surface area contributed by atoms with Gasteiger partial charge in [0.05, 0.1) is 5.69 Å². The van der Waals surface area contributed by atoms with Crippen molar-refractivity contribution in [2.75, 3.05) is 25.9 Å². The Morgan fingerprint density at radius 3 is 2.95 bits per heavy atom. The Bertz CT molecular complexity index is 608. The molecule has 6 heteroatoms. The van der Waals surface area contributed by atoms with E-state index in [1.807, 2.05) is 19.2 Å². The molecule has 0 unspecified atom stereocenters. The first kappa shape index (κ1) is 14.7. The van der Waals surface area contributed by atoms with E-state index in [4.69, 9.17) is 5.73 Å². The first-order chi connectivity index (χ1) is 9.50. The normalized spacial score (nSPS) is 11.4. The average molecular weight is 292 g/mol. The Morgan fingerprint density at radius 1 is 1.55 bits per heavy atom. The number of carbonyl (C=O) groups is 1. The second kappa shape index (κ2) is 6.19. The smallest absolute Gasteiger partial charge is 0.263 e. The summed E-state index contributed by atoms with van der Waals surface area (Å²) in [5.41, 5.74) is 6.54. The highest BCUT2D eigenvalue weighted by atomic mass is 32.1. The van der Waals surface area contributed by atoms with Crippen molar-refractivity contribution >= 4 is 33.1 Å². The van der Waals surface area contributed by atoms with Crippen molar-refractivity contribution < 1.29 is 4.79 Å². The molecule has 0 bridgehead atoms. The Balaban J connectivity index is 2.03. The lowest BCUT2D eigenvalue weighted by Gasteiger charge is -2.20. The molecule has 0 aliphatic rings. The zero-order valence-corrected chi connectivity index (χ0v) is 12.8. The zero-order chi connectivity index (χ0) is 14.7. The molecular formula is C14H20N4OS. The van der Waals surface area contributed by atoms with Gasteiger partial charge in [0.15, 0.2) is 0 Å². The minimum atomic E-state index is -0.123. The van der Waals surface area contributed by atoms with Gasteiger partial charge >= 0.3 is 0 Å². The molecule has 108 valence electrons. The molecule has 0 aliphatic heterocycles. The molecule has 2 aromatic heterocycles. The molecule has 2 rings (SSSR count). The standard InChI is InChI=1S/C14H20N4OS/c1-9(2)18(3)8-7-16-13(19)12-11(15)10-5-4-6-17-14(10)20-12/h4-6,9H,7-8,15H2,1-3H3,(H,16,19). The summed E-state index contributed by atoms with van der Waals surface area (Å²) in [7, 11) is 2.04. The van der Waals surface area contributed by atoms with E-state index in [0.717, 1.165) is 16.8 Å². The molecule has 0 spiro atoms. The number of amides is 1. The summed E-state index contributed by atoms with van der Waals surface area (Å²) in [5.74, 6) is -0.123. The van der Waals surface area contributed by atoms with E-state index in [2.05, 4.69) is 29.0 Å². The van der Waals surface area contributed by atoms with Gasteiger partial charge in [0.2, 0.25) is 0 Å². The number of pyridine rings is 1. The zero-order valence-electron chi connectivity index (χ0n) is 12.0. The van der Waals surface area contributed by atoms with Gasteiger partial charge in [-0.05, 0) is 33.0 Å². The van der Waals surface area contributed by atoms with E-state index in [9.17, 15) is 4.79 Å². The number of fused-ring (bicyclic) bond motifs is 1. The number of rotatable bonds is 5. The number of nitrogen functional groups attached to an aromatic ring is 1. The molecule has 0 aromatic carbocycles. The second-order valence-corrected chi connectivity index (χ2v) is 6.03. The Hall–Kier alpha value is -1.66. The first-order valence-corrected chi connectivity index (χ1v) is 7.43. The largest absolute Gasteiger partial charge is 0.397 e. The van der Waals surface area contributed by atoms with E-state index < -0.39 is 0 Å². The van der Waals surface area contributed by atoms with Crippen molar-refractivity contribution in [1.82, 2.24) is 15.2 Å². The van der Waals surface area contributed by atoms with Gasteiger partial charge in [0.1, 0.15) is 9.71 Å². The predicted molar refractivity (Wildman–Crippen MR) is 84.1 cm³/mol. The Kier molecular flexibility index (Phi) is 4.57. The number of nitrogens with one attached hydrogen (secondary N) is 1. The third-order valence-electron chi connectivity index (χ3n) is 3.34. The van der Waals surface area contributed by atoms with Crippen LogP contribution in [0.2, 0.25) is 0 Å². The van der Waals surface area contributed by atoms with E-state index in [1.165, 1.54) is 11.3 Å². The average Bonchev–Trinajstić information content (AvgIpc) is 2.76. The molecule has 20 heavy (non-hydrogen) atoms. The molecule has 0 radical (unpaired) electrons. The SMILES string of the molecule is CC(C)N(C)CCNC(=O)c1sc2ncccc2c1N. The molecule has 1 amide bonds. The van der Waals surface area contributed by atoms with E-state index in [-0.39, 0.29) is 5.91 Å². The number of thiophene rings is 1. The van der Waals surface area contributed by atoms with Crippen LogP contribution in [0.5, 0.6) is 0 Å². The van der Waals surface area contributed by atoms with Crippen molar-refractivity contribution in [3.8, 4) is 0 Å². The summed E-state index contributed by atoms with van der Waals surface area (Å²) in [6, 6.07) is 4.17. The highest BCUT2D eigenvalue weighted by Crippen LogP contribution is 2.31. The van der Waals surface area contributed by atoms with Crippen LogP contribution in [0.4, 0.5) is 5.69 Å². The summed E-state index contributed by atoms with van der Waals surface area (Å²) in [6.07, 6.45) is 1.71. The summed E-state index contributed by atoms with van der Waals surface area (Å²) in [6.45, 7) is 5.66. The quantitative estimate of drug-likeness (QED) is 0.883. The van der Waals surface area contributed by atoms with Crippen LogP contribution >= 0.6 is 11.3 Å². The lowest BCUT2D eigenvalue weighted by atomic mass is 10.2. The van der Waals surface area contributed by atoms with Crippen LogP contribution in [0.25, 0.3) is 10.2 Å². The fourth-order valence-electron chi connectivity index (χ4n) is 1.80. The van der Waals surface area contributed by atoms with Crippen LogP contribution in [0, 0.1) is 0 Å². The Labute approximate surface area is 122 Å². The second-order valence-electron chi connectivity index (χ2n) is 5.03. The number of nitrogens with zero attached hydrogens (tertiary/aromatic N) is 2. The predicted octanol–water partition coefficient (Wildman–Crippen LogP) is 1.95. The number of nitrogens with two attached hydrogens (primary N) is 1. The number of carbonyl (C=O) groups excluding carboxylic acids is 1. The van der Waals surface area contributed by atoms with Gasteiger partial charge in [-0.3, -0.25) is 4.79 Å². The van der Waals surface area contributed by atoms with Gasteiger partial charge in [0.25, 0.3) is 5.91 Å². The van der Waals surface area contributed by atoms with Crippen LogP contribution in [0.15, 0.2) is 18.3 Å². The molecule has 0 aliphatic carbocycles. The number of aromatic nitrogens is 1. The number of anilines is 1. The first-order valence-electron chi connectivity index (χ1n) is 6.62. The number of hydrogen-bond donors (Lipinski definition) is 2. The van der Waals surface area contributed by atoms with Crippen LogP contribution in [-0.2, 0) is 0 Å². The number of hydrogen-bond acceptors (Lipinski definition) is 5. The summed E-state index contributed by atoms with van der Waals surface area (Å²) in [5, 5.41) is 3.76. The maximum absolute atomic E-state index is 12.2. The minimum Gasteiger partial charge on any atom is -0.397 e. The molecule has 3 N–H and O–H groups in total. The van der Waals surface area contributed by atoms with Gasteiger partial charge in [-0.2, -0.15) is 0 Å². The molecule has 2 heterocycles. The fraction of sp³-hybridized carbons (Fsp3) is 0.429. The van der Waals surface area contributed by atoms with E-state index in [1.54, 1.807) is 6.20 Å². The molecule has 0 atom stereocenters. The minimum absolute atomic E-state index is 0.123. The summed E-state index contributed by atoms with van der Waals surface area (Å²) >= 11 is 1.34. The van der Waals surface area contributed by atoms with Gasteiger partial charge in [-0.25, -0.2) is 4.98 Å². The van der Waals surface area contributed by atoms with Gasteiger partial charge in [-0.15, -0.1) is 11.3 Å². The molecule has 5 nitrogen and oxygen atoms in total. The maximum atomic E-state index is 12.2. The van der Waals surface area contributed by atoms with Gasteiger partial charge < -0.3 is 16.0 Å². The van der Waals surface area contributed by atoms with E-state index >= 15 is 0 Å². The third kappa shape index (κ3) is 3.08.